The number of para-hydroxylation sites is 1. The SMILES string of the molecule is CC(C)c1ccccc1N1C(=O)N(CO[Si](C)(C)C(C)(C)C)C(N2CCN(C(=O)OC(C)(C)C)CC2)c2ccncc21. The monoisotopic (exact) mass is 595 g/mol. The second-order valence-corrected chi connectivity index (χ2v) is 19.0. The Hall–Kier alpha value is -2.95. The number of benzene rings is 1. The third-order valence-electron chi connectivity index (χ3n) is 8.57. The lowest BCUT2D eigenvalue weighted by atomic mass is 9.98. The van der Waals surface area contributed by atoms with Gasteiger partial charge in [0.05, 0.1) is 17.6 Å². The van der Waals surface area contributed by atoms with E-state index >= 15 is 0 Å². The Morgan fingerprint density at radius 2 is 1.64 bits per heavy atom. The van der Waals surface area contributed by atoms with Crippen LogP contribution in [0.2, 0.25) is 18.1 Å². The molecule has 1 aromatic heterocycles. The number of ether oxygens (including phenoxy) is 1. The summed E-state index contributed by atoms with van der Waals surface area (Å²) < 4.78 is 12.3. The van der Waals surface area contributed by atoms with Crippen LogP contribution >= 0.6 is 0 Å². The number of piperazine rings is 1. The van der Waals surface area contributed by atoms with Crippen molar-refractivity contribution < 1.29 is 18.8 Å². The summed E-state index contributed by atoms with van der Waals surface area (Å²) in [4.78, 5) is 39.6. The van der Waals surface area contributed by atoms with Crippen molar-refractivity contribution in [2.45, 2.75) is 91.2 Å². The number of amides is 3. The lowest BCUT2D eigenvalue weighted by Gasteiger charge is -2.49. The zero-order chi connectivity index (χ0) is 31.0. The second kappa shape index (κ2) is 12.0. The van der Waals surface area contributed by atoms with Gasteiger partial charge in [-0.3, -0.25) is 19.7 Å². The minimum atomic E-state index is -2.18. The first-order chi connectivity index (χ1) is 19.5. The van der Waals surface area contributed by atoms with E-state index in [0.29, 0.717) is 26.2 Å². The Bertz CT molecular complexity index is 1280. The van der Waals surface area contributed by atoms with Gasteiger partial charge in [-0.05, 0) is 62.5 Å². The summed E-state index contributed by atoms with van der Waals surface area (Å²) in [5.41, 5.74) is 3.17. The van der Waals surface area contributed by atoms with Crippen molar-refractivity contribution in [2.75, 3.05) is 37.8 Å². The van der Waals surface area contributed by atoms with E-state index < -0.39 is 13.9 Å². The maximum Gasteiger partial charge on any atom is 0.410 e. The average Bonchev–Trinajstić information content (AvgIpc) is 2.90. The largest absolute Gasteiger partial charge is 0.444 e. The lowest BCUT2D eigenvalue weighted by molar-refractivity contribution is -0.0199. The first-order valence-electron chi connectivity index (χ1n) is 15.0. The first-order valence-corrected chi connectivity index (χ1v) is 17.9. The van der Waals surface area contributed by atoms with E-state index in [1.54, 1.807) is 22.2 Å². The minimum Gasteiger partial charge on any atom is -0.444 e. The van der Waals surface area contributed by atoms with Gasteiger partial charge in [-0.15, -0.1) is 0 Å². The number of nitrogens with zero attached hydrogens (tertiary/aromatic N) is 5. The van der Waals surface area contributed by atoms with Crippen molar-refractivity contribution in [3.8, 4) is 0 Å². The molecular weight excluding hydrogens is 546 g/mol. The van der Waals surface area contributed by atoms with E-state index in [9.17, 15) is 9.59 Å². The van der Waals surface area contributed by atoms with Crippen LogP contribution in [-0.4, -0.2) is 78.6 Å². The maximum atomic E-state index is 14.7. The highest BCUT2D eigenvalue weighted by Crippen LogP contribution is 2.45. The van der Waals surface area contributed by atoms with Crippen LogP contribution in [0.25, 0.3) is 0 Å². The van der Waals surface area contributed by atoms with Gasteiger partial charge < -0.3 is 14.1 Å². The first kappa shape index (κ1) is 32.0. The highest BCUT2D eigenvalue weighted by molar-refractivity contribution is 6.74. The van der Waals surface area contributed by atoms with Crippen molar-refractivity contribution in [3.63, 3.8) is 0 Å². The van der Waals surface area contributed by atoms with Gasteiger partial charge in [0.25, 0.3) is 0 Å². The molecular formula is C32H49N5O4Si. The van der Waals surface area contributed by atoms with E-state index in [4.69, 9.17) is 9.16 Å². The summed E-state index contributed by atoms with van der Waals surface area (Å²) in [5, 5.41) is -0.00781. The number of anilines is 2. The molecule has 0 bridgehead atoms. The van der Waals surface area contributed by atoms with Gasteiger partial charge >= 0.3 is 12.1 Å². The smallest absolute Gasteiger partial charge is 0.410 e. The topological polar surface area (TPSA) is 78.5 Å². The molecule has 230 valence electrons. The van der Waals surface area contributed by atoms with Crippen LogP contribution in [0.5, 0.6) is 0 Å². The van der Waals surface area contributed by atoms with Gasteiger partial charge in [-0.25, -0.2) is 9.59 Å². The van der Waals surface area contributed by atoms with Gasteiger partial charge in [0.15, 0.2) is 8.32 Å². The third kappa shape index (κ3) is 6.66. The molecule has 3 amide bonds. The Morgan fingerprint density at radius 3 is 2.24 bits per heavy atom. The standard InChI is InChI=1S/C32H49N5O4Si/c1-23(2)24-13-11-12-14-26(24)37-27-21-33-16-15-25(27)28(36(29(37)38)22-40-42(9,10)32(6,7)8)34-17-19-35(20-18-34)30(39)41-31(3,4)5/h11-16,21,23,28H,17-20,22H2,1-10H3. The molecule has 1 aromatic carbocycles. The van der Waals surface area contributed by atoms with Gasteiger partial charge in [0.1, 0.15) is 18.5 Å². The van der Waals surface area contributed by atoms with Crippen molar-refractivity contribution in [1.29, 1.82) is 0 Å². The minimum absolute atomic E-state index is 0.00781. The second-order valence-electron chi connectivity index (χ2n) is 14.1. The van der Waals surface area contributed by atoms with Crippen LogP contribution in [0.15, 0.2) is 42.7 Å². The summed E-state index contributed by atoms with van der Waals surface area (Å²) >= 11 is 0. The average molecular weight is 596 g/mol. The number of carbonyl (C=O) groups excluding carboxylic acids is 2. The molecule has 0 saturated carbocycles. The summed E-state index contributed by atoms with van der Waals surface area (Å²) in [5.74, 6) is 0.227. The Morgan fingerprint density at radius 1 is 1.00 bits per heavy atom. The molecule has 2 aliphatic rings. The highest BCUT2D eigenvalue weighted by atomic mass is 28.4. The number of rotatable bonds is 6. The van der Waals surface area contributed by atoms with E-state index in [1.165, 1.54) is 0 Å². The maximum absolute atomic E-state index is 14.7. The van der Waals surface area contributed by atoms with Gasteiger partial charge in [-0.1, -0.05) is 52.8 Å². The fourth-order valence-electron chi connectivity index (χ4n) is 5.16. The van der Waals surface area contributed by atoms with E-state index in [1.807, 2.05) is 49.9 Å². The van der Waals surface area contributed by atoms with Gasteiger partial charge in [-0.2, -0.15) is 0 Å². The van der Waals surface area contributed by atoms with Crippen LogP contribution in [0, 0.1) is 0 Å². The molecule has 0 spiro atoms. The Balaban J connectivity index is 1.74. The van der Waals surface area contributed by atoms with E-state index in [2.05, 4.69) is 63.7 Å². The molecule has 1 atom stereocenters. The number of aromatic nitrogens is 1. The van der Waals surface area contributed by atoms with Crippen LogP contribution in [-0.2, 0) is 9.16 Å². The molecule has 0 N–H and O–H groups in total. The van der Waals surface area contributed by atoms with Crippen LogP contribution in [0.4, 0.5) is 21.0 Å². The molecule has 0 aliphatic carbocycles. The number of hydrogen-bond acceptors (Lipinski definition) is 6. The normalized spacial score (nSPS) is 18.9. The predicted molar refractivity (Wildman–Crippen MR) is 169 cm³/mol. The summed E-state index contributed by atoms with van der Waals surface area (Å²) in [6.45, 7) is 23.3. The molecule has 4 rings (SSSR count). The Kier molecular flexibility index (Phi) is 9.11. The summed E-state index contributed by atoms with van der Waals surface area (Å²) in [6.07, 6.45) is 2.92. The van der Waals surface area contributed by atoms with Crippen molar-refractivity contribution in [3.05, 3.63) is 53.9 Å². The fraction of sp³-hybridized carbons (Fsp3) is 0.594. The number of urea groups is 1. The fourth-order valence-corrected chi connectivity index (χ4v) is 6.06. The molecule has 1 unspecified atom stereocenters. The molecule has 3 heterocycles. The van der Waals surface area contributed by atoms with Gasteiger partial charge in [0.2, 0.25) is 0 Å². The molecule has 1 saturated heterocycles. The quantitative estimate of drug-likeness (QED) is 0.326. The summed E-state index contributed by atoms with van der Waals surface area (Å²) in [7, 11) is -2.18. The van der Waals surface area contributed by atoms with Crippen LogP contribution in [0.3, 0.4) is 0 Å². The molecule has 42 heavy (non-hydrogen) atoms. The predicted octanol–water partition coefficient (Wildman–Crippen LogP) is 7.31. The molecule has 2 aliphatic heterocycles. The van der Waals surface area contributed by atoms with E-state index in [0.717, 1.165) is 22.5 Å². The number of pyridine rings is 1. The zero-order valence-corrected chi connectivity index (χ0v) is 28.1. The van der Waals surface area contributed by atoms with Crippen LogP contribution in [0.1, 0.15) is 78.6 Å². The van der Waals surface area contributed by atoms with Gasteiger partial charge in [0, 0.05) is 37.9 Å². The number of carbonyl (C=O) groups is 2. The lowest BCUT2D eigenvalue weighted by Crippen LogP contribution is -2.59. The Labute approximate surface area is 252 Å². The number of hydrogen-bond donors (Lipinski definition) is 0. The molecule has 10 heteroatoms. The highest BCUT2D eigenvalue weighted by Gasteiger charge is 2.45. The zero-order valence-electron chi connectivity index (χ0n) is 27.1. The number of fused-ring (bicyclic) bond motifs is 1. The summed E-state index contributed by atoms with van der Waals surface area (Å²) in [6, 6.07) is 9.96. The third-order valence-corrected chi connectivity index (χ3v) is 13.0. The van der Waals surface area contributed by atoms with E-state index in [-0.39, 0.29) is 36.0 Å². The molecule has 2 aromatic rings. The molecule has 1 fully saturated rings. The van der Waals surface area contributed by atoms with Crippen molar-refractivity contribution >= 4 is 31.8 Å². The molecule has 9 nitrogen and oxygen atoms in total. The molecule has 0 radical (unpaired) electrons. The van der Waals surface area contributed by atoms with Crippen molar-refractivity contribution in [1.82, 2.24) is 19.7 Å². The van der Waals surface area contributed by atoms with Crippen LogP contribution < -0.4 is 4.90 Å². The van der Waals surface area contributed by atoms with Crippen molar-refractivity contribution in [2.24, 2.45) is 0 Å².